The summed E-state index contributed by atoms with van der Waals surface area (Å²) in [5, 5.41) is 0. The van der Waals surface area contributed by atoms with Gasteiger partial charge in [0.15, 0.2) is 0 Å². The Kier molecular flexibility index (Phi) is 1.85. The van der Waals surface area contributed by atoms with Gasteiger partial charge in [-0.15, -0.1) is 0 Å². The standard InChI is InChI=1S/C3H3N3O4S/c7-1-4-2(8)6(10-11)3(9)5-1/h11H,(H2,4,5,7,8,9). The van der Waals surface area contributed by atoms with Crippen LogP contribution in [0.4, 0.5) is 0 Å². The Labute approximate surface area is 64.2 Å². The molecule has 0 bridgehead atoms. The quantitative estimate of drug-likeness (QED) is 0.326. The largest absolute Gasteiger partial charge is 0.368 e. The van der Waals surface area contributed by atoms with Crippen molar-refractivity contribution in [2.75, 3.05) is 0 Å². The van der Waals surface area contributed by atoms with E-state index in [2.05, 4.69) is 17.2 Å². The molecule has 1 heterocycles. The van der Waals surface area contributed by atoms with Crippen LogP contribution in [0.25, 0.3) is 0 Å². The van der Waals surface area contributed by atoms with Crippen LogP contribution < -0.4 is 21.4 Å². The van der Waals surface area contributed by atoms with Crippen LogP contribution in [-0.2, 0) is 0 Å². The Morgan fingerprint density at radius 3 is 2.00 bits per heavy atom. The number of nitrogens with zero attached hydrogens (tertiary/aromatic N) is 1. The van der Waals surface area contributed by atoms with Gasteiger partial charge in [-0.3, -0.25) is 9.97 Å². The van der Waals surface area contributed by atoms with Gasteiger partial charge >= 0.3 is 17.1 Å². The third kappa shape index (κ3) is 1.34. The summed E-state index contributed by atoms with van der Waals surface area (Å²) >= 11 is 3.20. The maximum atomic E-state index is 10.6. The van der Waals surface area contributed by atoms with Crippen LogP contribution in [0.15, 0.2) is 14.4 Å². The smallest absolute Gasteiger partial charge is 0.335 e. The highest BCUT2D eigenvalue weighted by molar-refractivity contribution is 7.75. The number of aromatic nitrogens is 3. The Morgan fingerprint density at radius 1 is 1.18 bits per heavy atom. The number of rotatable bonds is 1. The summed E-state index contributed by atoms with van der Waals surface area (Å²) in [4.78, 5) is 35.1. The minimum absolute atomic E-state index is 0.254. The molecule has 1 rings (SSSR count). The molecule has 0 unspecified atom stereocenters. The number of H-pyrrole nitrogens is 2. The van der Waals surface area contributed by atoms with Gasteiger partial charge in [0.25, 0.3) is 0 Å². The van der Waals surface area contributed by atoms with Crippen LogP contribution in [-0.4, -0.2) is 14.7 Å². The van der Waals surface area contributed by atoms with Crippen molar-refractivity contribution in [3.63, 3.8) is 0 Å². The summed E-state index contributed by atoms with van der Waals surface area (Å²) in [7, 11) is 0. The van der Waals surface area contributed by atoms with E-state index in [1.54, 1.807) is 9.97 Å². The fourth-order valence-corrected chi connectivity index (χ4v) is 0.642. The van der Waals surface area contributed by atoms with E-state index in [1.807, 2.05) is 0 Å². The van der Waals surface area contributed by atoms with Crippen molar-refractivity contribution >= 4 is 12.9 Å². The van der Waals surface area contributed by atoms with Crippen molar-refractivity contribution in [1.82, 2.24) is 14.7 Å². The topological polar surface area (TPSA) is 96.9 Å². The summed E-state index contributed by atoms with van der Waals surface area (Å²) in [5.41, 5.74) is -2.84. The van der Waals surface area contributed by atoms with Gasteiger partial charge in [-0.1, -0.05) is 4.73 Å². The van der Waals surface area contributed by atoms with Gasteiger partial charge in [0, 0.05) is 0 Å². The molecule has 0 radical (unpaired) electrons. The normalized spacial score (nSPS) is 9.55. The van der Waals surface area contributed by atoms with Crippen LogP contribution >= 0.6 is 12.9 Å². The van der Waals surface area contributed by atoms with Gasteiger partial charge in [0.05, 0.1) is 12.9 Å². The highest BCUT2D eigenvalue weighted by atomic mass is 32.1. The lowest BCUT2D eigenvalue weighted by atomic mass is 11.0. The summed E-state index contributed by atoms with van der Waals surface area (Å²) in [6, 6.07) is 0. The molecule has 60 valence electrons. The fourth-order valence-electron chi connectivity index (χ4n) is 0.493. The van der Waals surface area contributed by atoms with E-state index in [4.69, 9.17) is 0 Å². The molecule has 0 saturated carbocycles. The monoisotopic (exact) mass is 177 g/mol. The second-order valence-electron chi connectivity index (χ2n) is 1.57. The van der Waals surface area contributed by atoms with Crippen molar-refractivity contribution in [2.24, 2.45) is 0 Å². The zero-order chi connectivity index (χ0) is 8.43. The van der Waals surface area contributed by atoms with Gasteiger partial charge in [-0.25, -0.2) is 14.4 Å². The van der Waals surface area contributed by atoms with E-state index in [0.29, 0.717) is 0 Å². The lowest BCUT2D eigenvalue weighted by molar-refractivity contribution is 0.285. The highest BCUT2D eigenvalue weighted by Crippen LogP contribution is 1.60. The lowest BCUT2D eigenvalue weighted by Gasteiger charge is -1.94. The van der Waals surface area contributed by atoms with Crippen molar-refractivity contribution < 1.29 is 4.28 Å². The molecule has 0 saturated heterocycles. The Morgan fingerprint density at radius 2 is 1.64 bits per heavy atom. The average Bonchev–Trinajstić information content (AvgIpc) is 1.85. The molecule has 8 heteroatoms. The number of nitrogens with one attached hydrogen (secondary N) is 2. The predicted octanol–water partition coefficient (Wildman–Crippen LogP) is -2.50. The molecule has 0 amide bonds. The van der Waals surface area contributed by atoms with Crippen LogP contribution in [0.5, 0.6) is 0 Å². The first kappa shape index (κ1) is 7.66. The first-order chi connectivity index (χ1) is 5.15. The van der Waals surface area contributed by atoms with Crippen LogP contribution in [0.2, 0.25) is 0 Å². The zero-order valence-electron chi connectivity index (χ0n) is 5.03. The van der Waals surface area contributed by atoms with Crippen molar-refractivity contribution in [3.05, 3.63) is 31.5 Å². The molecule has 2 N–H and O–H groups in total. The SMILES string of the molecule is O=c1[nH]c(=O)n(OS)c(=O)[nH]1. The van der Waals surface area contributed by atoms with Crippen LogP contribution in [0.3, 0.4) is 0 Å². The van der Waals surface area contributed by atoms with E-state index >= 15 is 0 Å². The minimum atomic E-state index is -0.978. The van der Waals surface area contributed by atoms with Crippen molar-refractivity contribution in [1.29, 1.82) is 0 Å². The van der Waals surface area contributed by atoms with E-state index in [9.17, 15) is 14.4 Å². The molecule has 1 aromatic heterocycles. The Bertz CT molecular complexity index is 379. The van der Waals surface area contributed by atoms with E-state index < -0.39 is 17.1 Å². The number of aromatic amines is 2. The fraction of sp³-hybridized carbons (Fsp3) is 0. The maximum absolute atomic E-state index is 10.6. The minimum Gasteiger partial charge on any atom is -0.335 e. The number of hydrogen-bond donors (Lipinski definition) is 3. The summed E-state index contributed by atoms with van der Waals surface area (Å²) in [5.74, 6) is 0. The highest BCUT2D eigenvalue weighted by Gasteiger charge is 2.00. The number of thiol groups is 1. The van der Waals surface area contributed by atoms with Crippen LogP contribution in [0.1, 0.15) is 0 Å². The van der Waals surface area contributed by atoms with Crippen molar-refractivity contribution in [2.45, 2.75) is 0 Å². The molecule has 0 aromatic carbocycles. The van der Waals surface area contributed by atoms with Gasteiger partial charge in [0.1, 0.15) is 0 Å². The van der Waals surface area contributed by atoms with E-state index in [1.165, 1.54) is 0 Å². The third-order valence-corrected chi connectivity index (χ3v) is 1.05. The summed E-state index contributed by atoms with van der Waals surface area (Å²) < 4.78 is 4.27. The molecular weight excluding hydrogens is 174 g/mol. The zero-order valence-corrected chi connectivity index (χ0v) is 5.92. The maximum Gasteiger partial charge on any atom is 0.368 e. The molecule has 11 heavy (non-hydrogen) atoms. The summed E-state index contributed by atoms with van der Waals surface area (Å²) in [6.07, 6.45) is 0. The first-order valence-corrected chi connectivity index (χ1v) is 2.79. The second kappa shape index (κ2) is 2.66. The molecule has 0 fully saturated rings. The Balaban J connectivity index is 3.63. The first-order valence-electron chi connectivity index (χ1n) is 2.42. The molecule has 0 aliphatic rings. The van der Waals surface area contributed by atoms with E-state index in [0.717, 1.165) is 0 Å². The molecule has 0 spiro atoms. The molecule has 0 aliphatic heterocycles. The van der Waals surface area contributed by atoms with Gasteiger partial charge in [0.2, 0.25) is 0 Å². The number of hydrogen-bond acceptors (Lipinski definition) is 5. The molecule has 0 aliphatic carbocycles. The second-order valence-corrected chi connectivity index (χ2v) is 1.73. The molecular formula is C3H3N3O4S. The van der Waals surface area contributed by atoms with Gasteiger partial charge < -0.3 is 4.28 Å². The third-order valence-electron chi connectivity index (χ3n) is 0.891. The predicted molar refractivity (Wildman–Crippen MR) is 37.5 cm³/mol. The molecule has 1 aromatic rings. The molecule has 0 atom stereocenters. The summed E-state index contributed by atoms with van der Waals surface area (Å²) in [6.45, 7) is 0. The van der Waals surface area contributed by atoms with Crippen molar-refractivity contribution in [3.8, 4) is 0 Å². The van der Waals surface area contributed by atoms with Gasteiger partial charge in [-0.05, 0) is 0 Å². The lowest BCUT2D eigenvalue weighted by Crippen LogP contribution is -2.44. The average molecular weight is 177 g/mol. The van der Waals surface area contributed by atoms with E-state index in [-0.39, 0.29) is 4.73 Å². The molecule has 7 nitrogen and oxygen atoms in total. The Hall–Kier alpha value is -1.44. The van der Waals surface area contributed by atoms with Crippen LogP contribution in [0, 0.1) is 0 Å². The van der Waals surface area contributed by atoms with Gasteiger partial charge in [-0.2, -0.15) is 0 Å².